The topological polar surface area (TPSA) is 198 Å². The predicted octanol–water partition coefficient (Wildman–Crippen LogP) is 4.97. The third kappa shape index (κ3) is 9.71. The Morgan fingerprint density at radius 1 is 0.769 bits per heavy atom. The van der Waals surface area contributed by atoms with Crippen molar-refractivity contribution in [1.82, 2.24) is 0 Å². The van der Waals surface area contributed by atoms with Gasteiger partial charge in [0.15, 0.2) is 23.7 Å². The van der Waals surface area contributed by atoms with E-state index in [1.807, 2.05) is 27.7 Å². The van der Waals surface area contributed by atoms with Crippen LogP contribution in [0.3, 0.4) is 0 Å². The Morgan fingerprint density at radius 2 is 1.46 bits per heavy atom. The minimum absolute atomic E-state index is 0.109. The Balaban J connectivity index is 1.11. The summed E-state index contributed by atoms with van der Waals surface area (Å²) in [5, 5.41) is 33.1. The van der Waals surface area contributed by atoms with Gasteiger partial charge < -0.3 is 76.9 Å². The highest BCUT2D eigenvalue weighted by atomic mass is 16.7. The van der Waals surface area contributed by atoms with Crippen LogP contribution in [0.15, 0.2) is 0 Å². The molecule has 0 bridgehead atoms. The van der Waals surface area contributed by atoms with Crippen LogP contribution in [-0.2, 0) is 66.4 Å². The number of ether oxygens (including phenoxy) is 13. The SMILES string of the molecule is COC1CC(C)OC(OC2CC(C3OC(C)(OC)C(C)CC3C)OC2C2(C)CCC(C3(C)CCC4(CC(O)C(C)C(C(C)C5OC(O)(CC(=O)O)C(C)C(OC)C5OC)O4)O3)O2)C1OC. The summed E-state index contributed by atoms with van der Waals surface area (Å²) in [6.45, 7) is 18.1. The molecule has 7 rings (SSSR count). The van der Waals surface area contributed by atoms with Crippen LogP contribution in [0.1, 0.15) is 120 Å². The molecule has 7 aliphatic rings. The normalized spacial score (nSPS) is 53.4. The van der Waals surface area contributed by atoms with E-state index in [-0.39, 0.29) is 54.7 Å². The fraction of sp³-hybridized carbons (Fsp3) is 0.979. The van der Waals surface area contributed by atoms with Gasteiger partial charge in [-0.05, 0) is 59.3 Å². The third-order valence-corrected chi connectivity index (χ3v) is 17.1. The second-order valence-electron chi connectivity index (χ2n) is 21.5. The quantitative estimate of drug-likeness (QED) is 0.211. The summed E-state index contributed by atoms with van der Waals surface area (Å²) < 4.78 is 84.6. The zero-order valence-corrected chi connectivity index (χ0v) is 41.4. The maximum Gasteiger partial charge on any atom is 0.308 e. The minimum Gasteiger partial charge on any atom is -0.481 e. The third-order valence-electron chi connectivity index (χ3n) is 17.1. The van der Waals surface area contributed by atoms with E-state index in [0.717, 1.165) is 6.42 Å². The largest absolute Gasteiger partial charge is 0.481 e. The molecule has 17 heteroatoms. The van der Waals surface area contributed by atoms with Gasteiger partial charge in [0.05, 0.1) is 78.7 Å². The molecule has 17 nitrogen and oxygen atoms in total. The van der Waals surface area contributed by atoms with E-state index in [4.69, 9.17) is 61.6 Å². The van der Waals surface area contributed by atoms with Crippen LogP contribution in [0, 0.1) is 29.6 Å². The summed E-state index contributed by atoms with van der Waals surface area (Å²) in [5.41, 5.74) is -1.58. The molecule has 7 aliphatic heterocycles. The molecular weight excluding hydrogens is 849 g/mol. The standard InChI is InChI=1S/C48H82O17/c1-24-19-25(2)46(9,57-14)62-36(24)32-21-33(60-43-40(55-12)31(53-10)20-26(3)58-43)42(59-32)45(8)16-15-34(61-45)44(7)17-18-47(65-44)22-30(49)27(4)37(63-47)28(5)38-41(56-13)39(54-11)29(6)48(52,64-38)23-35(50)51/h24-34,36-43,49,52H,15-23H2,1-14H3,(H,50,51). The molecule has 0 saturated carbocycles. The molecule has 7 heterocycles. The number of aliphatic hydroxyl groups excluding tert-OH is 1. The number of aliphatic carboxylic acids is 1. The Bertz CT molecular complexity index is 1620. The van der Waals surface area contributed by atoms with Crippen molar-refractivity contribution < 1.29 is 81.7 Å². The molecule has 65 heavy (non-hydrogen) atoms. The summed E-state index contributed by atoms with van der Waals surface area (Å²) in [5.74, 6) is -6.32. The van der Waals surface area contributed by atoms with Crippen LogP contribution in [0.4, 0.5) is 0 Å². The van der Waals surface area contributed by atoms with Gasteiger partial charge in [-0.2, -0.15) is 0 Å². The fourth-order valence-electron chi connectivity index (χ4n) is 12.8. The zero-order valence-electron chi connectivity index (χ0n) is 41.4. The number of carboxylic acid groups (broad SMARTS) is 1. The van der Waals surface area contributed by atoms with Crippen molar-refractivity contribution in [2.45, 2.75) is 234 Å². The molecule has 0 radical (unpaired) electrons. The summed E-state index contributed by atoms with van der Waals surface area (Å²) in [6, 6.07) is 0. The first-order chi connectivity index (χ1) is 30.5. The van der Waals surface area contributed by atoms with Crippen molar-refractivity contribution in [1.29, 1.82) is 0 Å². The molecule has 376 valence electrons. The van der Waals surface area contributed by atoms with Crippen LogP contribution >= 0.6 is 0 Å². The molecular formula is C48H82O17. The number of hydrogen-bond acceptors (Lipinski definition) is 16. The zero-order chi connectivity index (χ0) is 47.6. The van der Waals surface area contributed by atoms with Crippen LogP contribution in [-0.4, -0.2) is 171 Å². The Morgan fingerprint density at radius 3 is 2.09 bits per heavy atom. The molecule has 24 atom stereocenters. The molecule has 0 aromatic carbocycles. The van der Waals surface area contributed by atoms with Gasteiger partial charge >= 0.3 is 5.97 Å². The van der Waals surface area contributed by atoms with Gasteiger partial charge in [0.25, 0.3) is 0 Å². The maximum absolute atomic E-state index is 11.9. The Kier molecular flexibility index (Phi) is 15.6. The smallest absolute Gasteiger partial charge is 0.308 e. The number of rotatable bonds is 14. The summed E-state index contributed by atoms with van der Waals surface area (Å²) in [4.78, 5) is 11.9. The molecule has 0 aromatic heterocycles. The first-order valence-electron chi connectivity index (χ1n) is 24.2. The van der Waals surface area contributed by atoms with Gasteiger partial charge in [-0.1, -0.05) is 34.6 Å². The number of hydrogen-bond donors (Lipinski definition) is 3. The Hall–Kier alpha value is -1.13. The number of methoxy groups -OCH3 is 5. The molecule has 1 spiro atoms. The van der Waals surface area contributed by atoms with Gasteiger partial charge in [0.2, 0.25) is 0 Å². The lowest BCUT2D eigenvalue weighted by atomic mass is 9.75. The first-order valence-corrected chi connectivity index (χ1v) is 24.2. The molecule has 7 fully saturated rings. The van der Waals surface area contributed by atoms with Crippen molar-refractivity contribution in [3.63, 3.8) is 0 Å². The van der Waals surface area contributed by atoms with Crippen molar-refractivity contribution >= 4 is 5.97 Å². The van der Waals surface area contributed by atoms with Crippen molar-refractivity contribution in [2.24, 2.45) is 29.6 Å². The molecule has 24 unspecified atom stereocenters. The van der Waals surface area contributed by atoms with Crippen molar-refractivity contribution in [2.75, 3.05) is 35.5 Å². The highest BCUT2D eigenvalue weighted by molar-refractivity contribution is 5.68. The molecule has 3 N–H and O–H groups in total. The van der Waals surface area contributed by atoms with Crippen LogP contribution < -0.4 is 0 Å². The van der Waals surface area contributed by atoms with Gasteiger partial charge in [-0.15, -0.1) is 0 Å². The van der Waals surface area contributed by atoms with Gasteiger partial charge in [-0.25, -0.2) is 0 Å². The average molecular weight is 931 g/mol. The lowest BCUT2D eigenvalue weighted by molar-refractivity contribution is -0.365. The van der Waals surface area contributed by atoms with E-state index in [2.05, 4.69) is 27.7 Å². The lowest BCUT2D eigenvalue weighted by Crippen LogP contribution is -2.65. The summed E-state index contributed by atoms with van der Waals surface area (Å²) >= 11 is 0. The molecule has 0 aliphatic carbocycles. The first kappa shape index (κ1) is 51.7. The predicted molar refractivity (Wildman–Crippen MR) is 233 cm³/mol. The second-order valence-corrected chi connectivity index (χ2v) is 21.5. The van der Waals surface area contributed by atoms with E-state index < -0.39 is 108 Å². The molecule has 0 aromatic rings. The summed E-state index contributed by atoms with van der Waals surface area (Å²) in [7, 11) is 8.09. The molecule has 0 amide bonds. The van der Waals surface area contributed by atoms with E-state index in [0.29, 0.717) is 38.5 Å². The van der Waals surface area contributed by atoms with Crippen LogP contribution in [0.2, 0.25) is 0 Å². The monoisotopic (exact) mass is 931 g/mol. The van der Waals surface area contributed by atoms with E-state index in [1.54, 1.807) is 35.4 Å². The number of carbonyl (C=O) groups is 1. The number of carboxylic acids is 1. The highest BCUT2D eigenvalue weighted by Gasteiger charge is 2.64. The van der Waals surface area contributed by atoms with Gasteiger partial charge in [-0.3, -0.25) is 4.79 Å². The average Bonchev–Trinajstić information content (AvgIpc) is 3.97. The van der Waals surface area contributed by atoms with Crippen molar-refractivity contribution in [3.05, 3.63) is 0 Å². The van der Waals surface area contributed by atoms with Crippen LogP contribution in [0.5, 0.6) is 0 Å². The Labute approximate surface area is 386 Å². The summed E-state index contributed by atoms with van der Waals surface area (Å²) in [6.07, 6.45) is -2.69. The van der Waals surface area contributed by atoms with E-state index in [1.165, 1.54) is 7.11 Å². The van der Waals surface area contributed by atoms with E-state index in [9.17, 15) is 20.1 Å². The number of aliphatic hydroxyl groups is 2. The maximum atomic E-state index is 11.9. The minimum atomic E-state index is -2.03. The lowest BCUT2D eigenvalue weighted by Gasteiger charge is -2.53. The fourth-order valence-corrected chi connectivity index (χ4v) is 12.8. The van der Waals surface area contributed by atoms with E-state index >= 15 is 0 Å². The van der Waals surface area contributed by atoms with Gasteiger partial charge in [0, 0.05) is 84.9 Å². The van der Waals surface area contributed by atoms with Crippen LogP contribution in [0.25, 0.3) is 0 Å². The second kappa shape index (κ2) is 19.6. The highest BCUT2D eigenvalue weighted by Crippen LogP contribution is 2.55. The van der Waals surface area contributed by atoms with Gasteiger partial charge in [0.1, 0.15) is 18.3 Å². The molecule has 7 saturated heterocycles. The van der Waals surface area contributed by atoms with Crippen molar-refractivity contribution in [3.8, 4) is 0 Å².